The molecule has 18 heavy (non-hydrogen) atoms. The monoisotopic (exact) mass is 235 g/mol. The van der Waals surface area contributed by atoms with Gasteiger partial charge in [0.25, 0.3) is 0 Å². The lowest BCUT2D eigenvalue weighted by molar-refractivity contribution is 1.23. The zero-order valence-electron chi connectivity index (χ0n) is 11.7. The van der Waals surface area contributed by atoms with Crippen molar-refractivity contribution >= 4 is 12.7 Å². The van der Waals surface area contributed by atoms with E-state index in [2.05, 4.69) is 71.4 Å². The van der Waals surface area contributed by atoms with Gasteiger partial charge >= 0.3 is 0 Å². The molecule has 0 unspecified atom stereocenters. The first kappa shape index (κ1) is 12.9. The average molecular weight is 235 g/mol. The zero-order chi connectivity index (χ0) is 13.1. The Labute approximate surface area is 111 Å². The third-order valence-electron chi connectivity index (χ3n) is 3.70. The highest BCUT2D eigenvalue weighted by Gasteiger charge is 2.07. The largest absolute Gasteiger partial charge is 0.157 e. The van der Waals surface area contributed by atoms with Gasteiger partial charge in [-0.2, -0.15) is 0 Å². The van der Waals surface area contributed by atoms with E-state index in [0.717, 1.165) is 6.32 Å². The molecule has 0 nitrogen and oxygen atoms in total. The van der Waals surface area contributed by atoms with Crippen molar-refractivity contribution in [1.29, 1.82) is 0 Å². The van der Waals surface area contributed by atoms with Crippen molar-refractivity contribution in [2.45, 2.75) is 34.0 Å². The van der Waals surface area contributed by atoms with Crippen molar-refractivity contribution in [3.63, 3.8) is 0 Å². The fraction of sp³-hybridized carbons (Fsp3) is 0.294. The van der Waals surface area contributed by atoms with Gasteiger partial charge in [-0.05, 0) is 50.7 Å². The van der Waals surface area contributed by atoms with E-state index in [1.54, 1.807) is 0 Å². The first-order valence-corrected chi connectivity index (χ1v) is 6.54. The van der Waals surface area contributed by atoms with E-state index in [-0.39, 0.29) is 0 Å². The van der Waals surface area contributed by atoms with Gasteiger partial charge in [0.15, 0.2) is 7.28 Å². The maximum absolute atomic E-state index is 2.36. The SMILES string of the molecule is Cc1cccc(C)c1[B]Cc1c(C)cccc1C. The Morgan fingerprint density at radius 1 is 0.722 bits per heavy atom. The molecule has 2 rings (SSSR count). The van der Waals surface area contributed by atoms with Crippen molar-refractivity contribution in [3.8, 4) is 0 Å². The fourth-order valence-electron chi connectivity index (χ4n) is 2.52. The van der Waals surface area contributed by atoms with Crippen LogP contribution < -0.4 is 5.46 Å². The van der Waals surface area contributed by atoms with E-state index in [1.165, 1.54) is 33.3 Å². The highest BCUT2D eigenvalue weighted by Crippen LogP contribution is 2.13. The Bertz CT molecular complexity index is 464. The first-order valence-electron chi connectivity index (χ1n) is 6.54. The lowest BCUT2D eigenvalue weighted by atomic mass is 9.61. The van der Waals surface area contributed by atoms with Gasteiger partial charge in [-0.1, -0.05) is 53.0 Å². The van der Waals surface area contributed by atoms with Crippen molar-refractivity contribution in [2.75, 3.05) is 0 Å². The molecule has 0 spiro atoms. The maximum Gasteiger partial charge on any atom is 0.157 e. The van der Waals surface area contributed by atoms with Gasteiger partial charge < -0.3 is 0 Å². The molecule has 1 radical (unpaired) electrons. The first-order chi connectivity index (χ1) is 8.59. The number of benzene rings is 2. The number of rotatable bonds is 3. The summed E-state index contributed by atoms with van der Waals surface area (Å²) in [6.07, 6.45) is 1.02. The second-order valence-corrected chi connectivity index (χ2v) is 5.08. The van der Waals surface area contributed by atoms with Crippen molar-refractivity contribution in [3.05, 3.63) is 64.2 Å². The summed E-state index contributed by atoms with van der Waals surface area (Å²) in [6.45, 7) is 8.76. The molecule has 0 fully saturated rings. The van der Waals surface area contributed by atoms with Gasteiger partial charge in [-0.25, -0.2) is 0 Å². The molecule has 0 aliphatic heterocycles. The zero-order valence-corrected chi connectivity index (χ0v) is 11.7. The lowest BCUT2D eigenvalue weighted by Crippen LogP contribution is -2.23. The Morgan fingerprint density at radius 3 is 1.67 bits per heavy atom. The third kappa shape index (κ3) is 2.67. The average Bonchev–Trinajstić information content (AvgIpc) is 2.31. The minimum Gasteiger partial charge on any atom is -0.0817 e. The van der Waals surface area contributed by atoms with Crippen LogP contribution in [0.15, 0.2) is 36.4 Å². The summed E-state index contributed by atoms with van der Waals surface area (Å²) in [5.41, 5.74) is 8.35. The summed E-state index contributed by atoms with van der Waals surface area (Å²) in [5, 5.41) is 0. The molecule has 0 aliphatic carbocycles. The molecule has 91 valence electrons. The van der Waals surface area contributed by atoms with Gasteiger partial charge in [-0.3, -0.25) is 0 Å². The van der Waals surface area contributed by atoms with E-state index in [4.69, 9.17) is 0 Å². The summed E-state index contributed by atoms with van der Waals surface area (Å²) in [5.74, 6) is 0. The Morgan fingerprint density at radius 2 is 1.17 bits per heavy atom. The Kier molecular flexibility index (Phi) is 3.91. The molecule has 0 bridgehead atoms. The third-order valence-corrected chi connectivity index (χ3v) is 3.70. The van der Waals surface area contributed by atoms with Gasteiger partial charge in [0.05, 0.1) is 0 Å². The number of aryl methyl sites for hydroxylation is 4. The molecular formula is C17H20B. The van der Waals surface area contributed by atoms with E-state index in [9.17, 15) is 0 Å². The topological polar surface area (TPSA) is 0 Å². The van der Waals surface area contributed by atoms with Crippen molar-refractivity contribution in [2.24, 2.45) is 0 Å². The maximum atomic E-state index is 2.36. The van der Waals surface area contributed by atoms with Crippen LogP contribution in [0.2, 0.25) is 0 Å². The Balaban J connectivity index is 2.22. The summed E-state index contributed by atoms with van der Waals surface area (Å²) in [6, 6.07) is 13.0. The standard InChI is InChI=1S/C17H20B/c1-12-7-5-8-13(2)16(12)11-18-17-14(3)9-6-10-15(17)4/h5-10H,11H2,1-4H3. The van der Waals surface area contributed by atoms with E-state index >= 15 is 0 Å². The smallest absolute Gasteiger partial charge is 0.0817 e. The van der Waals surface area contributed by atoms with Crippen LogP contribution in [0.25, 0.3) is 0 Å². The second-order valence-electron chi connectivity index (χ2n) is 5.08. The highest BCUT2D eigenvalue weighted by atomic mass is 14.0. The molecule has 0 saturated heterocycles. The minimum atomic E-state index is 1.02. The molecular weight excluding hydrogens is 215 g/mol. The molecule has 0 aliphatic rings. The van der Waals surface area contributed by atoms with Gasteiger partial charge in [-0.15, -0.1) is 0 Å². The van der Waals surface area contributed by atoms with Crippen LogP contribution in [0.1, 0.15) is 27.8 Å². The normalized spacial score (nSPS) is 10.4. The van der Waals surface area contributed by atoms with Crippen molar-refractivity contribution in [1.82, 2.24) is 0 Å². The minimum absolute atomic E-state index is 1.02. The van der Waals surface area contributed by atoms with E-state index in [0.29, 0.717) is 0 Å². The molecule has 0 amide bonds. The van der Waals surface area contributed by atoms with Crippen molar-refractivity contribution < 1.29 is 0 Å². The van der Waals surface area contributed by atoms with Crippen LogP contribution >= 0.6 is 0 Å². The summed E-state index contributed by atoms with van der Waals surface area (Å²) < 4.78 is 0. The summed E-state index contributed by atoms with van der Waals surface area (Å²) in [4.78, 5) is 0. The van der Waals surface area contributed by atoms with Crippen LogP contribution in [-0.4, -0.2) is 7.28 Å². The van der Waals surface area contributed by atoms with Crippen LogP contribution in [0.3, 0.4) is 0 Å². The summed E-state index contributed by atoms with van der Waals surface area (Å²) in [7, 11) is 2.36. The Hall–Kier alpha value is -1.50. The van der Waals surface area contributed by atoms with Crippen LogP contribution in [-0.2, 0) is 6.32 Å². The fourth-order valence-corrected chi connectivity index (χ4v) is 2.52. The molecule has 0 saturated carbocycles. The molecule has 0 atom stereocenters. The van der Waals surface area contributed by atoms with Crippen LogP contribution in [0.5, 0.6) is 0 Å². The molecule has 2 aromatic rings. The quantitative estimate of drug-likeness (QED) is 0.715. The van der Waals surface area contributed by atoms with E-state index < -0.39 is 0 Å². The predicted octanol–water partition coefficient (Wildman–Crippen LogP) is 3.45. The molecule has 0 N–H and O–H groups in total. The lowest BCUT2D eigenvalue weighted by Gasteiger charge is -2.12. The van der Waals surface area contributed by atoms with Crippen LogP contribution in [0, 0.1) is 27.7 Å². The molecule has 0 aromatic heterocycles. The molecule has 1 heteroatoms. The van der Waals surface area contributed by atoms with Crippen LogP contribution in [0.4, 0.5) is 0 Å². The van der Waals surface area contributed by atoms with Gasteiger partial charge in [0.2, 0.25) is 0 Å². The molecule has 2 aromatic carbocycles. The molecule has 0 heterocycles. The predicted molar refractivity (Wildman–Crippen MR) is 80.9 cm³/mol. The van der Waals surface area contributed by atoms with Gasteiger partial charge in [0.1, 0.15) is 0 Å². The highest BCUT2D eigenvalue weighted by molar-refractivity contribution is 6.54. The number of hydrogen-bond acceptors (Lipinski definition) is 0. The number of hydrogen-bond donors (Lipinski definition) is 0. The second kappa shape index (κ2) is 5.43. The van der Waals surface area contributed by atoms with E-state index in [1.807, 2.05) is 0 Å². The van der Waals surface area contributed by atoms with Gasteiger partial charge in [0, 0.05) is 0 Å². The summed E-state index contributed by atoms with van der Waals surface area (Å²) >= 11 is 0.